The predicted molar refractivity (Wildman–Crippen MR) is 66.3 cm³/mol. The highest BCUT2D eigenvalue weighted by Crippen LogP contribution is 2.40. The third-order valence-electron chi connectivity index (χ3n) is 3.77. The Kier molecular flexibility index (Phi) is 2.87. The number of hydrogen-bond donors (Lipinski definition) is 1. The molecule has 0 spiro atoms. The summed E-state index contributed by atoms with van der Waals surface area (Å²) in [6.07, 6.45) is 3.28. The summed E-state index contributed by atoms with van der Waals surface area (Å²) in [5.74, 6) is 0. The Balaban J connectivity index is 2.05. The minimum atomic E-state index is -0.101. The molecule has 2 heteroatoms. The minimum Gasteiger partial charge on any atom is -0.383 e. The smallest absolute Gasteiger partial charge is 0.0746 e. The van der Waals surface area contributed by atoms with Crippen LogP contribution in [0.15, 0.2) is 18.2 Å². The number of benzene rings is 1. The summed E-state index contributed by atoms with van der Waals surface area (Å²) in [5.41, 5.74) is 3.65. The van der Waals surface area contributed by atoms with Crippen LogP contribution < -0.4 is 5.32 Å². The second-order valence-electron chi connectivity index (χ2n) is 4.85. The van der Waals surface area contributed by atoms with Crippen molar-refractivity contribution in [1.29, 1.82) is 5.26 Å². The summed E-state index contributed by atoms with van der Waals surface area (Å²) >= 11 is 0. The monoisotopic (exact) mass is 214 g/mol. The fourth-order valence-corrected chi connectivity index (χ4v) is 2.14. The first-order chi connectivity index (χ1) is 7.67. The van der Waals surface area contributed by atoms with Crippen LogP contribution in [-0.2, 0) is 0 Å². The molecule has 1 aromatic carbocycles. The van der Waals surface area contributed by atoms with Crippen LogP contribution >= 0.6 is 0 Å². The van der Waals surface area contributed by atoms with Crippen molar-refractivity contribution in [3.05, 3.63) is 29.3 Å². The van der Waals surface area contributed by atoms with Gasteiger partial charge in [-0.25, -0.2) is 0 Å². The number of rotatable bonds is 3. The lowest BCUT2D eigenvalue weighted by molar-refractivity contribution is 0.233. The normalized spacial score (nSPS) is 17.3. The van der Waals surface area contributed by atoms with Gasteiger partial charge in [0.2, 0.25) is 0 Å². The first kappa shape index (κ1) is 11.0. The highest BCUT2D eigenvalue weighted by molar-refractivity contribution is 5.54. The first-order valence-corrected chi connectivity index (χ1v) is 5.88. The molecule has 0 saturated heterocycles. The van der Waals surface area contributed by atoms with E-state index in [-0.39, 0.29) is 5.41 Å². The first-order valence-electron chi connectivity index (χ1n) is 5.88. The highest BCUT2D eigenvalue weighted by atomic mass is 14.9. The van der Waals surface area contributed by atoms with Crippen molar-refractivity contribution in [3.8, 4) is 6.07 Å². The molecule has 1 aliphatic rings. The van der Waals surface area contributed by atoms with Gasteiger partial charge >= 0.3 is 0 Å². The second-order valence-corrected chi connectivity index (χ2v) is 4.85. The maximum absolute atomic E-state index is 9.15. The van der Waals surface area contributed by atoms with Crippen molar-refractivity contribution >= 4 is 5.69 Å². The quantitative estimate of drug-likeness (QED) is 0.837. The van der Waals surface area contributed by atoms with E-state index < -0.39 is 0 Å². The van der Waals surface area contributed by atoms with Gasteiger partial charge in [-0.3, -0.25) is 0 Å². The van der Waals surface area contributed by atoms with E-state index >= 15 is 0 Å². The zero-order valence-electron chi connectivity index (χ0n) is 10.0. The van der Waals surface area contributed by atoms with Gasteiger partial charge in [0.25, 0.3) is 0 Å². The summed E-state index contributed by atoms with van der Waals surface area (Å²) in [6, 6.07) is 8.72. The Morgan fingerprint density at radius 1 is 1.38 bits per heavy atom. The highest BCUT2D eigenvalue weighted by Gasteiger charge is 2.36. The average Bonchev–Trinajstić information content (AvgIpc) is 2.23. The topological polar surface area (TPSA) is 35.8 Å². The molecule has 2 nitrogen and oxygen atoms in total. The molecule has 1 saturated carbocycles. The van der Waals surface area contributed by atoms with Crippen LogP contribution in [0.1, 0.15) is 30.4 Å². The number of anilines is 1. The zero-order valence-corrected chi connectivity index (χ0v) is 10.0. The third-order valence-corrected chi connectivity index (χ3v) is 3.77. The molecule has 84 valence electrons. The molecule has 1 N–H and O–H groups in total. The van der Waals surface area contributed by atoms with Crippen molar-refractivity contribution in [3.63, 3.8) is 0 Å². The van der Waals surface area contributed by atoms with E-state index in [4.69, 9.17) is 5.26 Å². The summed E-state index contributed by atoms with van der Waals surface area (Å²) in [6.45, 7) is 5.02. The molecular formula is C14H18N2. The maximum atomic E-state index is 9.15. The van der Waals surface area contributed by atoms with E-state index in [0.717, 1.165) is 19.4 Å². The summed E-state index contributed by atoms with van der Waals surface area (Å²) in [7, 11) is 0. The minimum absolute atomic E-state index is 0.101. The number of nitriles is 1. The summed E-state index contributed by atoms with van der Waals surface area (Å²) < 4.78 is 0. The molecular weight excluding hydrogens is 196 g/mol. The Morgan fingerprint density at radius 3 is 2.69 bits per heavy atom. The van der Waals surface area contributed by atoms with Crippen LogP contribution in [-0.4, -0.2) is 6.54 Å². The molecule has 0 unspecified atom stereocenters. The SMILES string of the molecule is Cc1cccc(NCC2(C#N)CCC2)c1C. The molecule has 0 aliphatic heterocycles. The van der Waals surface area contributed by atoms with E-state index in [1.807, 2.05) is 0 Å². The van der Waals surface area contributed by atoms with Gasteiger partial charge in [0.05, 0.1) is 11.5 Å². The van der Waals surface area contributed by atoms with Crippen LogP contribution in [0.2, 0.25) is 0 Å². The molecule has 16 heavy (non-hydrogen) atoms. The Bertz CT molecular complexity index is 425. The molecule has 0 heterocycles. The average molecular weight is 214 g/mol. The van der Waals surface area contributed by atoms with Crippen molar-refractivity contribution in [2.75, 3.05) is 11.9 Å². The van der Waals surface area contributed by atoms with Crippen LogP contribution in [0.25, 0.3) is 0 Å². The predicted octanol–water partition coefficient (Wildman–Crippen LogP) is 3.41. The van der Waals surface area contributed by atoms with Crippen LogP contribution in [0.3, 0.4) is 0 Å². The van der Waals surface area contributed by atoms with E-state index in [2.05, 4.69) is 43.4 Å². The Morgan fingerprint density at radius 2 is 2.12 bits per heavy atom. The summed E-state index contributed by atoms with van der Waals surface area (Å²) in [4.78, 5) is 0. The van der Waals surface area contributed by atoms with E-state index in [0.29, 0.717) is 0 Å². The fraction of sp³-hybridized carbons (Fsp3) is 0.500. The van der Waals surface area contributed by atoms with Crippen molar-refractivity contribution in [1.82, 2.24) is 0 Å². The molecule has 0 radical (unpaired) electrons. The van der Waals surface area contributed by atoms with Crippen molar-refractivity contribution < 1.29 is 0 Å². The van der Waals surface area contributed by atoms with E-state index in [9.17, 15) is 0 Å². The van der Waals surface area contributed by atoms with Crippen LogP contribution in [0.4, 0.5) is 5.69 Å². The van der Waals surface area contributed by atoms with Gasteiger partial charge in [0, 0.05) is 12.2 Å². The van der Waals surface area contributed by atoms with Gasteiger partial charge in [0.15, 0.2) is 0 Å². The van der Waals surface area contributed by atoms with Crippen LogP contribution in [0.5, 0.6) is 0 Å². The lowest BCUT2D eigenvalue weighted by atomic mass is 9.70. The third kappa shape index (κ3) is 1.90. The molecule has 1 aromatic rings. The summed E-state index contributed by atoms with van der Waals surface area (Å²) in [5, 5.41) is 12.6. The van der Waals surface area contributed by atoms with Crippen molar-refractivity contribution in [2.45, 2.75) is 33.1 Å². The van der Waals surface area contributed by atoms with E-state index in [1.54, 1.807) is 0 Å². The van der Waals surface area contributed by atoms with Gasteiger partial charge in [0.1, 0.15) is 0 Å². The molecule has 0 amide bonds. The molecule has 0 bridgehead atoms. The van der Waals surface area contributed by atoms with Gasteiger partial charge in [-0.1, -0.05) is 18.6 Å². The zero-order chi connectivity index (χ0) is 11.6. The number of aryl methyl sites for hydroxylation is 1. The van der Waals surface area contributed by atoms with Gasteiger partial charge in [-0.2, -0.15) is 5.26 Å². The van der Waals surface area contributed by atoms with Gasteiger partial charge in [-0.15, -0.1) is 0 Å². The Hall–Kier alpha value is -1.49. The standard InChI is InChI=1S/C14H18N2/c1-11-5-3-6-13(12(11)2)16-10-14(9-15)7-4-8-14/h3,5-6,16H,4,7-8,10H2,1-2H3. The molecule has 0 aromatic heterocycles. The number of hydrogen-bond acceptors (Lipinski definition) is 2. The van der Waals surface area contributed by atoms with Crippen molar-refractivity contribution in [2.24, 2.45) is 5.41 Å². The Labute approximate surface area is 97.3 Å². The molecule has 1 aliphatic carbocycles. The molecule has 0 atom stereocenters. The molecule has 1 fully saturated rings. The molecule has 2 rings (SSSR count). The fourth-order valence-electron chi connectivity index (χ4n) is 2.14. The number of nitrogens with zero attached hydrogens (tertiary/aromatic N) is 1. The van der Waals surface area contributed by atoms with Crippen LogP contribution in [0, 0.1) is 30.6 Å². The number of nitrogens with one attached hydrogen (secondary N) is 1. The second kappa shape index (κ2) is 4.17. The maximum Gasteiger partial charge on any atom is 0.0746 e. The van der Waals surface area contributed by atoms with Gasteiger partial charge in [-0.05, 0) is 43.9 Å². The van der Waals surface area contributed by atoms with E-state index in [1.165, 1.54) is 23.2 Å². The largest absolute Gasteiger partial charge is 0.383 e. The lowest BCUT2D eigenvalue weighted by Crippen LogP contribution is -2.35. The van der Waals surface area contributed by atoms with Gasteiger partial charge < -0.3 is 5.32 Å². The lowest BCUT2D eigenvalue weighted by Gasteiger charge is -2.35.